The Balaban J connectivity index is 0.942. The molecule has 212 valence electrons. The number of nitrogens with one attached hydrogen (secondary N) is 6. The smallest absolute Gasteiger partial charge is 0.127 e. The Morgan fingerprint density at radius 1 is 0.558 bits per heavy atom. The van der Waals surface area contributed by atoms with Crippen LogP contribution >= 0.6 is 0 Å². The van der Waals surface area contributed by atoms with Crippen LogP contribution in [0.4, 0.5) is 0 Å². The fourth-order valence-corrected chi connectivity index (χ4v) is 5.45. The van der Waals surface area contributed by atoms with Crippen LogP contribution in [-0.2, 0) is 0 Å². The second kappa shape index (κ2) is 10.2. The van der Waals surface area contributed by atoms with E-state index in [9.17, 15) is 0 Å². The number of rotatable bonds is 8. The van der Waals surface area contributed by atoms with Gasteiger partial charge in [0.1, 0.15) is 23.2 Å². The molecule has 2 heterocycles. The van der Waals surface area contributed by atoms with Crippen LogP contribution in [0.3, 0.4) is 0 Å². The van der Waals surface area contributed by atoms with Crippen LogP contribution in [0.25, 0.3) is 44.3 Å². The Kier molecular flexibility index (Phi) is 6.03. The third-order valence-corrected chi connectivity index (χ3v) is 8.24. The van der Waals surface area contributed by atoms with E-state index >= 15 is 0 Å². The van der Waals surface area contributed by atoms with Gasteiger partial charge < -0.3 is 25.3 Å². The first kappa shape index (κ1) is 25.4. The summed E-state index contributed by atoms with van der Waals surface area (Å²) in [6.07, 6.45) is 4.61. The number of aromatic amines is 2. The van der Waals surface area contributed by atoms with E-state index in [4.69, 9.17) is 15.6 Å². The van der Waals surface area contributed by atoms with Gasteiger partial charge in [-0.05, 0) is 110 Å². The largest absolute Gasteiger partial charge is 0.457 e. The first-order valence-corrected chi connectivity index (χ1v) is 14.9. The zero-order valence-electron chi connectivity index (χ0n) is 23.6. The number of ether oxygens (including phenoxy) is 1. The van der Waals surface area contributed by atoms with Crippen LogP contribution in [0, 0.1) is 10.8 Å². The van der Waals surface area contributed by atoms with E-state index in [1.807, 2.05) is 48.5 Å². The summed E-state index contributed by atoms with van der Waals surface area (Å²) in [6.45, 7) is 0. The molecule has 0 spiro atoms. The van der Waals surface area contributed by atoms with Crippen LogP contribution in [-0.4, -0.2) is 33.7 Å². The van der Waals surface area contributed by atoms with Gasteiger partial charge in [-0.1, -0.05) is 24.3 Å². The summed E-state index contributed by atoms with van der Waals surface area (Å²) >= 11 is 0. The van der Waals surface area contributed by atoms with E-state index in [0.29, 0.717) is 23.8 Å². The molecule has 2 aromatic heterocycles. The van der Waals surface area contributed by atoms with Gasteiger partial charge >= 0.3 is 0 Å². The second-order valence-corrected chi connectivity index (χ2v) is 11.7. The number of H-pyrrole nitrogens is 2. The molecule has 2 aliphatic carbocycles. The maximum atomic E-state index is 8.33. The molecule has 0 bridgehead atoms. The molecule has 6 aromatic rings. The zero-order chi connectivity index (χ0) is 28.9. The van der Waals surface area contributed by atoms with Crippen molar-refractivity contribution in [3.05, 3.63) is 108 Å². The maximum Gasteiger partial charge on any atom is 0.127 e. The Labute approximate surface area is 249 Å². The number of hydrogen-bond donors (Lipinski definition) is 6. The minimum Gasteiger partial charge on any atom is -0.457 e. The molecule has 8 rings (SSSR count). The molecule has 0 unspecified atom stereocenters. The van der Waals surface area contributed by atoms with Gasteiger partial charge in [0, 0.05) is 56.4 Å². The summed E-state index contributed by atoms with van der Waals surface area (Å²) in [7, 11) is 0. The van der Waals surface area contributed by atoms with Gasteiger partial charge in [-0.2, -0.15) is 0 Å². The van der Waals surface area contributed by atoms with Crippen molar-refractivity contribution in [2.45, 2.75) is 37.8 Å². The average Bonchev–Trinajstić information content (AvgIpc) is 3.94. The summed E-state index contributed by atoms with van der Waals surface area (Å²) in [6, 6.07) is 33.7. The molecule has 2 fully saturated rings. The molecule has 7 nitrogen and oxygen atoms in total. The number of hydrogen-bond acceptors (Lipinski definition) is 3. The third kappa shape index (κ3) is 5.37. The van der Waals surface area contributed by atoms with Crippen LogP contribution in [0.5, 0.6) is 11.5 Å². The molecule has 0 saturated heterocycles. The lowest BCUT2D eigenvalue weighted by molar-refractivity contribution is 0.483. The standard InChI is InChI=1S/C36H32N6O/c37-35(39-27-9-10-27)25-3-1-23-17-31(41-33(23)19-25)21-5-13-29(14-6-21)43-30-15-7-22(8-16-30)32-18-24-2-4-26(20-34(24)42-32)36(38)40-28-11-12-28/h1-8,13-20,27-28,41-42H,9-12H2,(H2,37,39)(H2,38,40). The van der Waals surface area contributed by atoms with Gasteiger partial charge in [0.2, 0.25) is 0 Å². The number of amidine groups is 2. The van der Waals surface area contributed by atoms with E-state index in [1.54, 1.807) is 0 Å². The number of aromatic nitrogens is 2. The predicted molar refractivity (Wildman–Crippen MR) is 174 cm³/mol. The molecular weight excluding hydrogens is 532 g/mol. The molecule has 6 N–H and O–H groups in total. The average molecular weight is 565 g/mol. The Hall–Kier alpha value is -5.30. The van der Waals surface area contributed by atoms with Crippen LogP contribution < -0.4 is 15.4 Å². The summed E-state index contributed by atoms with van der Waals surface area (Å²) in [4.78, 5) is 7.03. The normalized spacial score (nSPS) is 14.6. The van der Waals surface area contributed by atoms with Crippen molar-refractivity contribution in [1.82, 2.24) is 20.6 Å². The molecule has 0 amide bonds. The van der Waals surface area contributed by atoms with Crippen molar-refractivity contribution in [3.63, 3.8) is 0 Å². The molecule has 0 aliphatic heterocycles. The first-order valence-electron chi connectivity index (χ1n) is 14.9. The highest BCUT2D eigenvalue weighted by Gasteiger charge is 2.23. The minimum absolute atomic E-state index is 0.464. The van der Waals surface area contributed by atoms with E-state index in [1.165, 1.54) is 0 Å². The predicted octanol–water partition coefficient (Wildman–Crippen LogP) is 7.93. The first-order chi connectivity index (χ1) is 21.0. The second-order valence-electron chi connectivity index (χ2n) is 11.7. The van der Waals surface area contributed by atoms with E-state index < -0.39 is 0 Å². The van der Waals surface area contributed by atoms with Gasteiger partial charge in [0.15, 0.2) is 0 Å². The number of benzene rings is 4. The molecule has 4 aromatic carbocycles. The quantitative estimate of drug-likeness (QED) is 0.0834. The SMILES string of the molecule is N=C(NC1CC1)c1ccc2cc(-c3ccc(Oc4ccc(-c5cc6ccc(C(=N)NC7CC7)cc6[nH]5)cc4)cc3)[nH]c2c1. The van der Waals surface area contributed by atoms with Crippen molar-refractivity contribution in [2.75, 3.05) is 0 Å². The highest BCUT2D eigenvalue weighted by atomic mass is 16.5. The van der Waals surface area contributed by atoms with E-state index in [2.05, 4.69) is 69.1 Å². The molecule has 7 heteroatoms. The lowest BCUT2D eigenvalue weighted by Crippen LogP contribution is -2.25. The van der Waals surface area contributed by atoms with Crippen molar-refractivity contribution in [2.24, 2.45) is 0 Å². The third-order valence-electron chi connectivity index (χ3n) is 8.24. The molecule has 43 heavy (non-hydrogen) atoms. The van der Waals surface area contributed by atoms with Gasteiger partial charge in [-0.3, -0.25) is 10.8 Å². The molecule has 2 aliphatic rings. The Morgan fingerprint density at radius 3 is 1.37 bits per heavy atom. The van der Waals surface area contributed by atoms with Crippen LogP contribution in [0.2, 0.25) is 0 Å². The lowest BCUT2D eigenvalue weighted by atomic mass is 10.1. The molecular formula is C36H32N6O. The van der Waals surface area contributed by atoms with Gasteiger partial charge in [0.05, 0.1) is 0 Å². The molecule has 0 radical (unpaired) electrons. The fourth-order valence-electron chi connectivity index (χ4n) is 5.45. The van der Waals surface area contributed by atoms with Crippen molar-refractivity contribution >= 4 is 33.5 Å². The van der Waals surface area contributed by atoms with E-state index in [0.717, 1.165) is 92.6 Å². The van der Waals surface area contributed by atoms with Crippen molar-refractivity contribution < 1.29 is 4.74 Å². The fraction of sp³-hybridized carbons (Fsp3) is 0.167. The zero-order valence-corrected chi connectivity index (χ0v) is 23.6. The monoisotopic (exact) mass is 564 g/mol. The maximum absolute atomic E-state index is 8.33. The van der Waals surface area contributed by atoms with Gasteiger partial charge in [-0.15, -0.1) is 0 Å². The Bertz CT molecular complexity index is 1850. The lowest BCUT2D eigenvalue weighted by Gasteiger charge is -2.07. The van der Waals surface area contributed by atoms with Crippen molar-refractivity contribution in [3.8, 4) is 34.0 Å². The highest BCUT2D eigenvalue weighted by Crippen LogP contribution is 2.31. The highest BCUT2D eigenvalue weighted by molar-refractivity contribution is 6.01. The van der Waals surface area contributed by atoms with Crippen molar-refractivity contribution in [1.29, 1.82) is 10.8 Å². The summed E-state index contributed by atoms with van der Waals surface area (Å²) in [5.74, 6) is 2.53. The summed E-state index contributed by atoms with van der Waals surface area (Å²) < 4.78 is 6.15. The molecule has 2 saturated carbocycles. The number of fused-ring (bicyclic) bond motifs is 2. The van der Waals surface area contributed by atoms with E-state index in [-0.39, 0.29) is 0 Å². The Morgan fingerprint density at radius 2 is 0.977 bits per heavy atom. The summed E-state index contributed by atoms with van der Waals surface area (Å²) in [5.41, 5.74) is 8.07. The van der Waals surface area contributed by atoms with Crippen LogP contribution in [0.15, 0.2) is 97.1 Å². The van der Waals surface area contributed by atoms with Gasteiger partial charge in [0.25, 0.3) is 0 Å². The summed E-state index contributed by atoms with van der Waals surface area (Å²) in [5, 5.41) is 25.5. The topological polar surface area (TPSA) is 113 Å². The van der Waals surface area contributed by atoms with Crippen LogP contribution in [0.1, 0.15) is 36.8 Å². The molecule has 0 atom stereocenters. The van der Waals surface area contributed by atoms with Gasteiger partial charge in [-0.25, -0.2) is 0 Å². The minimum atomic E-state index is 0.464.